The molecule has 1 aliphatic heterocycles. The van der Waals surface area contributed by atoms with Gasteiger partial charge in [0.05, 0.1) is 22.3 Å². The van der Waals surface area contributed by atoms with E-state index in [4.69, 9.17) is 4.74 Å². The molecule has 0 saturated carbocycles. The fourth-order valence-corrected chi connectivity index (χ4v) is 6.77. The molecule has 4 atom stereocenters. The molecule has 194 valence electrons. The van der Waals surface area contributed by atoms with E-state index in [0.29, 0.717) is 30.4 Å². The van der Waals surface area contributed by atoms with E-state index in [1.165, 1.54) is 11.3 Å². The number of nitrogens with zero attached hydrogens (tertiary/aromatic N) is 1. The molecule has 3 aromatic rings. The lowest BCUT2D eigenvalue weighted by Crippen LogP contribution is -2.55. The Balaban J connectivity index is 1.47. The maximum Gasteiger partial charge on any atom is 0.238 e. The Bertz CT molecular complexity index is 1100. The van der Waals surface area contributed by atoms with Crippen molar-refractivity contribution in [2.75, 3.05) is 19.0 Å². The number of nitrogens with one attached hydrogen (secondary N) is 2. The number of rotatable bonds is 12. The third kappa shape index (κ3) is 7.43. The van der Waals surface area contributed by atoms with Crippen molar-refractivity contribution >= 4 is 38.3 Å². The average molecular weight is 530 g/mol. The molecule has 36 heavy (non-hydrogen) atoms. The second kappa shape index (κ2) is 13.4. The zero-order valence-corrected chi connectivity index (χ0v) is 22.2. The van der Waals surface area contributed by atoms with Gasteiger partial charge in [-0.05, 0) is 37.0 Å². The first-order chi connectivity index (χ1) is 17.5. The highest BCUT2D eigenvalue weighted by Crippen LogP contribution is 2.29. The highest BCUT2D eigenvalue weighted by Gasteiger charge is 2.30. The summed E-state index contributed by atoms with van der Waals surface area (Å²) >= 11 is 1.44. The van der Waals surface area contributed by atoms with Crippen molar-refractivity contribution in [1.29, 1.82) is 0 Å². The molecule has 2 aromatic carbocycles. The molecule has 1 fully saturated rings. The van der Waals surface area contributed by atoms with E-state index in [0.717, 1.165) is 35.0 Å². The van der Waals surface area contributed by atoms with Gasteiger partial charge >= 0.3 is 0 Å². The molecule has 7 nitrogen and oxygen atoms in total. The monoisotopic (exact) mass is 529 g/mol. The van der Waals surface area contributed by atoms with Crippen LogP contribution in [0.3, 0.4) is 0 Å². The van der Waals surface area contributed by atoms with Crippen LogP contribution in [0, 0.1) is 0 Å². The minimum atomic E-state index is -1.23. The molecule has 4 unspecified atom stereocenters. The quantitative estimate of drug-likeness (QED) is 0.331. The Kier molecular flexibility index (Phi) is 10.0. The van der Waals surface area contributed by atoms with E-state index < -0.39 is 29.0 Å². The summed E-state index contributed by atoms with van der Waals surface area (Å²) in [5.41, 5.74) is 1.82. The topological polar surface area (TPSA) is 101 Å². The van der Waals surface area contributed by atoms with Gasteiger partial charge in [0, 0.05) is 41.6 Å². The number of amides is 1. The predicted molar refractivity (Wildman–Crippen MR) is 145 cm³/mol. The van der Waals surface area contributed by atoms with Crippen LogP contribution >= 0.6 is 11.3 Å². The number of ether oxygens (including phenoxy) is 1. The molecule has 1 saturated heterocycles. The number of fused-ring (bicyclic) bond motifs is 1. The number of thiazole rings is 1. The summed E-state index contributed by atoms with van der Waals surface area (Å²) < 4.78 is 19.5. The molecule has 1 aliphatic rings. The van der Waals surface area contributed by atoms with Gasteiger partial charge in [0.1, 0.15) is 11.1 Å². The fraction of sp³-hybridized carbons (Fsp3) is 0.481. The first kappa shape index (κ1) is 26.9. The Morgan fingerprint density at radius 1 is 1.17 bits per heavy atom. The Morgan fingerprint density at radius 2 is 1.89 bits per heavy atom. The van der Waals surface area contributed by atoms with Crippen molar-refractivity contribution in [1.82, 2.24) is 15.6 Å². The van der Waals surface area contributed by atoms with Crippen LogP contribution < -0.4 is 10.6 Å². The van der Waals surface area contributed by atoms with Crippen molar-refractivity contribution in [3.63, 3.8) is 0 Å². The van der Waals surface area contributed by atoms with E-state index in [1.807, 2.05) is 61.5 Å². The summed E-state index contributed by atoms with van der Waals surface area (Å²) in [6.45, 7) is 3.32. The number of aliphatic hydroxyl groups is 1. The number of para-hydroxylation sites is 1. The van der Waals surface area contributed by atoms with Gasteiger partial charge in [-0.3, -0.25) is 9.00 Å². The number of hydrogen-bond acceptors (Lipinski definition) is 7. The van der Waals surface area contributed by atoms with Crippen molar-refractivity contribution in [3.05, 3.63) is 65.2 Å². The molecule has 0 radical (unpaired) electrons. The maximum atomic E-state index is 13.5. The SMILES string of the molecule is CCCC(NC(=O)C(CS(=O)Cc1ccccc1)NC1CCOCC1)C(O)c1nc2ccccc2s1. The minimum Gasteiger partial charge on any atom is -0.384 e. The van der Waals surface area contributed by atoms with Gasteiger partial charge in [-0.1, -0.05) is 55.8 Å². The first-order valence-corrected chi connectivity index (χ1v) is 14.9. The van der Waals surface area contributed by atoms with Gasteiger partial charge in [-0.15, -0.1) is 11.3 Å². The van der Waals surface area contributed by atoms with Crippen LogP contribution in [0.1, 0.15) is 49.3 Å². The first-order valence-electron chi connectivity index (χ1n) is 12.6. The van der Waals surface area contributed by atoms with Crippen molar-refractivity contribution in [2.24, 2.45) is 0 Å². The van der Waals surface area contributed by atoms with Crippen molar-refractivity contribution < 1.29 is 18.8 Å². The van der Waals surface area contributed by atoms with Gasteiger partial charge < -0.3 is 20.5 Å². The lowest BCUT2D eigenvalue weighted by molar-refractivity contribution is -0.124. The minimum absolute atomic E-state index is 0.127. The van der Waals surface area contributed by atoms with Gasteiger partial charge in [0.25, 0.3) is 0 Å². The highest BCUT2D eigenvalue weighted by molar-refractivity contribution is 7.84. The van der Waals surface area contributed by atoms with Crippen LogP contribution in [0.4, 0.5) is 0 Å². The molecule has 2 heterocycles. The molecule has 0 bridgehead atoms. The number of carbonyl (C=O) groups is 1. The number of benzene rings is 2. The van der Waals surface area contributed by atoms with Crippen LogP contribution in [-0.4, -0.2) is 57.3 Å². The van der Waals surface area contributed by atoms with Gasteiger partial charge in [-0.25, -0.2) is 4.98 Å². The van der Waals surface area contributed by atoms with E-state index in [2.05, 4.69) is 15.6 Å². The zero-order chi connectivity index (χ0) is 25.3. The van der Waals surface area contributed by atoms with Crippen molar-refractivity contribution in [3.8, 4) is 0 Å². The zero-order valence-electron chi connectivity index (χ0n) is 20.6. The van der Waals surface area contributed by atoms with Crippen LogP contribution in [0.25, 0.3) is 10.2 Å². The molecule has 4 rings (SSSR count). The summed E-state index contributed by atoms with van der Waals surface area (Å²) in [5, 5.41) is 18.3. The molecular formula is C27H35N3O4S2. The van der Waals surface area contributed by atoms with Crippen LogP contribution in [0.5, 0.6) is 0 Å². The van der Waals surface area contributed by atoms with Gasteiger partial charge in [0.15, 0.2) is 0 Å². The Labute approximate surface area is 219 Å². The molecule has 3 N–H and O–H groups in total. The molecule has 0 spiro atoms. The lowest BCUT2D eigenvalue weighted by atomic mass is 10.0. The average Bonchev–Trinajstić information content (AvgIpc) is 3.33. The van der Waals surface area contributed by atoms with Crippen LogP contribution in [0.2, 0.25) is 0 Å². The lowest BCUT2D eigenvalue weighted by Gasteiger charge is -2.30. The second-order valence-corrected chi connectivity index (χ2v) is 11.8. The van der Waals surface area contributed by atoms with E-state index in [1.54, 1.807) is 0 Å². The molecule has 0 aliphatic carbocycles. The van der Waals surface area contributed by atoms with Crippen LogP contribution in [0.15, 0.2) is 54.6 Å². The molecule has 1 amide bonds. The van der Waals surface area contributed by atoms with Gasteiger partial charge in [0.2, 0.25) is 5.91 Å². The molecule has 9 heteroatoms. The summed E-state index contributed by atoms with van der Waals surface area (Å²) in [6, 6.07) is 16.5. The predicted octanol–water partition coefficient (Wildman–Crippen LogP) is 3.70. The Hall–Kier alpha value is -2.17. The summed E-state index contributed by atoms with van der Waals surface area (Å²) in [5.74, 6) is 0.363. The highest BCUT2D eigenvalue weighted by atomic mass is 32.2. The molecular weight excluding hydrogens is 494 g/mol. The molecule has 1 aromatic heterocycles. The number of hydrogen-bond donors (Lipinski definition) is 3. The number of aliphatic hydroxyl groups excluding tert-OH is 1. The Morgan fingerprint density at radius 3 is 2.61 bits per heavy atom. The van der Waals surface area contributed by atoms with E-state index in [9.17, 15) is 14.1 Å². The van der Waals surface area contributed by atoms with E-state index >= 15 is 0 Å². The second-order valence-electron chi connectivity index (χ2n) is 9.21. The summed E-state index contributed by atoms with van der Waals surface area (Å²) in [6.07, 6.45) is 2.11. The largest absolute Gasteiger partial charge is 0.384 e. The third-order valence-corrected chi connectivity index (χ3v) is 8.84. The summed E-state index contributed by atoms with van der Waals surface area (Å²) in [4.78, 5) is 18.1. The van der Waals surface area contributed by atoms with E-state index in [-0.39, 0.29) is 17.7 Å². The van der Waals surface area contributed by atoms with Crippen LogP contribution in [-0.2, 0) is 26.1 Å². The smallest absolute Gasteiger partial charge is 0.238 e. The number of aromatic nitrogens is 1. The normalized spacial score (nSPS) is 17.9. The fourth-order valence-electron chi connectivity index (χ4n) is 4.45. The third-order valence-electron chi connectivity index (χ3n) is 6.37. The number of carbonyl (C=O) groups excluding carboxylic acids is 1. The maximum absolute atomic E-state index is 13.5. The van der Waals surface area contributed by atoms with Gasteiger partial charge in [-0.2, -0.15) is 0 Å². The standard InChI is InChI=1S/C27H35N3O4S2/c1-2-8-22(25(31)27-30-21-11-6-7-12-24(21)35-27)29-26(32)23(28-20-13-15-34-16-14-20)18-36(33)17-19-9-4-3-5-10-19/h3-7,9-12,20,22-23,25,28,31H,2,8,13-18H2,1H3,(H,29,32). The van der Waals surface area contributed by atoms with Crippen molar-refractivity contribution in [2.45, 2.75) is 62.6 Å². The summed E-state index contributed by atoms with van der Waals surface area (Å²) in [7, 11) is -1.23.